The second kappa shape index (κ2) is 5.03. The first-order valence-corrected chi connectivity index (χ1v) is 7.42. The molecule has 0 spiro atoms. The Balaban J connectivity index is 1.53. The fraction of sp³-hybridized carbons (Fsp3) is 0.867. The maximum Gasteiger partial charge on any atom is 0.410 e. The van der Waals surface area contributed by atoms with E-state index in [1.54, 1.807) is 7.05 Å². The van der Waals surface area contributed by atoms with Gasteiger partial charge in [0.15, 0.2) is 0 Å². The van der Waals surface area contributed by atoms with E-state index in [1.807, 2.05) is 6.07 Å². The smallest absolute Gasteiger partial charge is 0.410 e. The van der Waals surface area contributed by atoms with E-state index in [9.17, 15) is 4.79 Å². The van der Waals surface area contributed by atoms with Gasteiger partial charge in [0.1, 0.15) is 6.54 Å². The predicted molar refractivity (Wildman–Crippen MR) is 70.1 cm³/mol. The molecule has 1 amide bonds. The van der Waals surface area contributed by atoms with E-state index in [2.05, 4.69) is 0 Å². The zero-order valence-electron chi connectivity index (χ0n) is 11.5. The van der Waals surface area contributed by atoms with Crippen LogP contribution in [0.3, 0.4) is 0 Å². The van der Waals surface area contributed by atoms with Crippen LogP contribution in [-0.4, -0.2) is 31.2 Å². The maximum absolute atomic E-state index is 11.7. The summed E-state index contributed by atoms with van der Waals surface area (Å²) in [6, 6.07) is 1.96. The van der Waals surface area contributed by atoms with Gasteiger partial charge >= 0.3 is 6.09 Å². The Morgan fingerprint density at radius 3 is 2.32 bits per heavy atom. The Hall–Kier alpha value is -1.24. The van der Waals surface area contributed by atoms with E-state index in [1.165, 1.54) is 37.0 Å². The number of amides is 1. The molecule has 4 heteroatoms. The van der Waals surface area contributed by atoms with Crippen LogP contribution in [0.4, 0.5) is 4.79 Å². The molecule has 4 fully saturated rings. The highest BCUT2D eigenvalue weighted by Gasteiger charge is 2.48. The summed E-state index contributed by atoms with van der Waals surface area (Å²) in [7, 11) is 1.61. The number of nitriles is 1. The molecule has 4 rings (SSSR count). The van der Waals surface area contributed by atoms with Crippen molar-refractivity contribution in [3.05, 3.63) is 0 Å². The third-order valence-electron chi connectivity index (χ3n) is 5.44. The van der Waals surface area contributed by atoms with Crippen molar-refractivity contribution in [2.75, 3.05) is 20.2 Å². The minimum absolute atomic E-state index is 0.0977. The summed E-state index contributed by atoms with van der Waals surface area (Å²) in [4.78, 5) is 13.1. The van der Waals surface area contributed by atoms with Crippen LogP contribution in [0.5, 0.6) is 0 Å². The minimum Gasteiger partial charge on any atom is -0.449 e. The molecule has 19 heavy (non-hydrogen) atoms. The quantitative estimate of drug-likeness (QED) is 0.735. The number of ether oxygens (including phenoxy) is 1. The summed E-state index contributed by atoms with van der Waals surface area (Å²) in [5.41, 5.74) is 0. The van der Waals surface area contributed by atoms with Crippen LogP contribution in [0, 0.1) is 40.9 Å². The number of nitrogens with zero attached hydrogens (tertiary/aromatic N) is 2. The molecule has 0 aromatic carbocycles. The lowest BCUT2D eigenvalue weighted by Crippen LogP contribution is -2.47. The first-order valence-electron chi connectivity index (χ1n) is 7.42. The first kappa shape index (κ1) is 12.8. The molecule has 0 saturated heterocycles. The molecular weight excluding hydrogens is 240 g/mol. The molecular formula is C15H22N2O2. The Morgan fingerprint density at radius 2 is 1.79 bits per heavy atom. The van der Waals surface area contributed by atoms with E-state index in [-0.39, 0.29) is 12.6 Å². The Labute approximate surface area is 114 Å². The molecule has 4 aliphatic rings. The van der Waals surface area contributed by atoms with Crippen molar-refractivity contribution in [2.45, 2.75) is 32.1 Å². The van der Waals surface area contributed by atoms with Crippen LogP contribution in [0.15, 0.2) is 0 Å². The highest BCUT2D eigenvalue weighted by Crippen LogP contribution is 2.56. The van der Waals surface area contributed by atoms with E-state index in [0.717, 1.165) is 23.7 Å². The maximum atomic E-state index is 11.7. The average molecular weight is 262 g/mol. The zero-order valence-corrected chi connectivity index (χ0v) is 11.5. The molecule has 104 valence electrons. The fourth-order valence-electron chi connectivity index (χ4n) is 4.76. The second-order valence-corrected chi connectivity index (χ2v) is 6.69. The SMILES string of the molecule is CN(CC#N)C(=O)OCC1C2CC3CC(C2)CC1C3. The average Bonchev–Trinajstić information content (AvgIpc) is 2.37. The van der Waals surface area contributed by atoms with Crippen LogP contribution in [0.25, 0.3) is 0 Å². The number of rotatable bonds is 3. The standard InChI is InChI=1S/C15H22N2O2/c1-17(3-2-16)15(18)19-9-14-12-5-10-4-11(7-12)8-13(14)6-10/h10-14H,3-9H2,1H3. The lowest BCUT2D eigenvalue weighted by molar-refractivity contribution is -0.0613. The lowest BCUT2D eigenvalue weighted by Gasteiger charge is -2.54. The molecule has 0 aromatic heterocycles. The van der Waals surface area contributed by atoms with Crippen molar-refractivity contribution in [3.8, 4) is 6.07 Å². The second-order valence-electron chi connectivity index (χ2n) is 6.69. The lowest BCUT2D eigenvalue weighted by atomic mass is 9.52. The molecule has 0 aromatic rings. The van der Waals surface area contributed by atoms with Crippen LogP contribution < -0.4 is 0 Å². The van der Waals surface area contributed by atoms with Gasteiger partial charge in [-0.1, -0.05) is 0 Å². The predicted octanol–water partition coefficient (Wildman–Crippen LogP) is 2.65. The van der Waals surface area contributed by atoms with Crippen LogP contribution in [0.2, 0.25) is 0 Å². The van der Waals surface area contributed by atoms with Gasteiger partial charge in [-0.3, -0.25) is 4.90 Å². The Morgan fingerprint density at radius 1 is 1.21 bits per heavy atom. The fourth-order valence-corrected chi connectivity index (χ4v) is 4.76. The van der Waals surface area contributed by atoms with Crippen molar-refractivity contribution < 1.29 is 9.53 Å². The van der Waals surface area contributed by atoms with Gasteiger partial charge < -0.3 is 4.74 Å². The molecule has 0 N–H and O–H groups in total. The van der Waals surface area contributed by atoms with Crippen LogP contribution in [-0.2, 0) is 4.74 Å². The molecule has 0 heterocycles. The number of carbonyl (C=O) groups excluding carboxylic acids is 1. The van der Waals surface area contributed by atoms with E-state index in [0.29, 0.717) is 12.5 Å². The van der Waals surface area contributed by atoms with Crippen molar-refractivity contribution in [3.63, 3.8) is 0 Å². The molecule has 0 atom stereocenters. The Bertz CT molecular complexity index is 373. The van der Waals surface area contributed by atoms with Gasteiger partial charge in [-0.25, -0.2) is 4.79 Å². The third-order valence-corrected chi connectivity index (χ3v) is 5.44. The van der Waals surface area contributed by atoms with Crippen molar-refractivity contribution in [2.24, 2.45) is 29.6 Å². The topological polar surface area (TPSA) is 53.3 Å². The van der Waals surface area contributed by atoms with Crippen LogP contribution in [0.1, 0.15) is 32.1 Å². The molecule has 4 bridgehead atoms. The highest BCUT2D eigenvalue weighted by molar-refractivity contribution is 5.67. The van der Waals surface area contributed by atoms with Crippen LogP contribution >= 0.6 is 0 Å². The highest BCUT2D eigenvalue weighted by atomic mass is 16.6. The summed E-state index contributed by atoms with van der Waals surface area (Å²) >= 11 is 0. The number of hydrogen-bond acceptors (Lipinski definition) is 3. The largest absolute Gasteiger partial charge is 0.449 e. The van der Waals surface area contributed by atoms with Crippen molar-refractivity contribution in [1.82, 2.24) is 4.90 Å². The van der Waals surface area contributed by atoms with Gasteiger partial charge in [-0.15, -0.1) is 0 Å². The number of hydrogen-bond donors (Lipinski definition) is 0. The molecule has 4 aliphatic carbocycles. The zero-order chi connectivity index (χ0) is 13.4. The molecule has 0 unspecified atom stereocenters. The van der Waals surface area contributed by atoms with E-state index in [4.69, 9.17) is 10.00 Å². The molecule has 4 nitrogen and oxygen atoms in total. The van der Waals surface area contributed by atoms with Gasteiger partial charge in [0.05, 0.1) is 12.7 Å². The van der Waals surface area contributed by atoms with Gasteiger partial charge in [0.2, 0.25) is 0 Å². The molecule has 0 radical (unpaired) electrons. The van der Waals surface area contributed by atoms with Crippen molar-refractivity contribution >= 4 is 6.09 Å². The van der Waals surface area contributed by atoms with Gasteiger partial charge in [0.25, 0.3) is 0 Å². The van der Waals surface area contributed by atoms with Gasteiger partial charge in [-0.2, -0.15) is 5.26 Å². The normalized spacial score (nSPS) is 38.8. The molecule has 4 saturated carbocycles. The summed E-state index contributed by atoms with van der Waals surface area (Å²) in [6.45, 7) is 0.657. The van der Waals surface area contributed by atoms with E-state index >= 15 is 0 Å². The molecule has 0 aliphatic heterocycles. The van der Waals surface area contributed by atoms with Gasteiger partial charge in [-0.05, 0) is 61.7 Å². The first-order chi connectivity index (χ1) is 9.17. The van der Waals surface area contributed by atoms with E-state index < -0.39 is 0 Å². The summed E-state index contributed by atoms with van der Waals surface area (Å²) in [5.74, 6) is 4.05. The monoisotopic (exact) mass is 262 g/mol. The number of carbonyl (C=O) groups is 1. The van der Waals surface area contributed by atoms with Gasteiger partial charge in [0, 0.05) is 7.05 Å². The van der Waals surface area contributed by atoms with Crippen molar-refractivity contribution in [1.29, 1.82) is 5.26 Å². The summed E-state index contributed by atoms with van der Waals surface area (Å²) in [5, 5.41) is 8.57. The summed E-state index contributed by atoms with van der Waals surface area (Å²) in [6.07, 6.45) is 6.50. The third kappa shape index (κ3) is 2.43. The Kier molecular flexibility index (Phi) is 3.38. The summed E-state index contributed by atoms with van der Waals surface area (Å²) < 4.78 is 5.42. The minimum atomic E-state index is -0.352.